The Morgan fingerprint density at radius 3 is 2.24 bits per heavy atom. The van der Waals surface area contributed by atoms with Crippen LogP contribution in [-0.4, -0.2) is 42.3 Å². The van der Waals surface area contributed by atoms with Crippen molar-refractivity contribution in [2.75, 3.05) is 31.3 Å². The Kier molecular flexibility index (Phi) is 6.98. The van der Waals surface area contributed by atoms with E-state index >= 15 is 0 Å². The summed E-state index contributed by atoms with van der Waals surface area (Å²) in [6, 6.07) is 14.3. The molecular weight excluding hydrogens is 408 g/mol. The van der Waals surface area contributed by atoms with Gasteiger partial charge in [0.25, 0.3) is 5.91 Å². The standard InChI is InChI=1S/C21H21ClN4O2S/c1-26(2)12-11-19(27)24-16-7-9-17(10-8-16)25-20(28)18-13-23-21(29-18)14-3-5-15(22)6-4-14/h3-10,13H,11-12H2,1-2H3,(H,24,27)(H,25,28). The number of carbonyl (C=O) groups excluding carboxylic acids is 2. The Balaban J connectivity index is 1.58. The predicted octanol–water partition coefficient (Wildman–Crippen LogP) is 4.61. The van der Waals surface area contributed by atoms with Crippen LogP contribution >= 0.6 is 22.9 Å². The molecular formula is C21H21ClN4O2S. The van der Waals surface area contributed by atoms with Gasteiger partial charge in [-0.05, 0) is 50.5 Å². The third-order valence-corrected chi connectivity index (χ3v) is 5.33. The summed E-state index contributed by atoms with van der Waals surface area (Å²) in [6.07, 6.45) is 1.98. The number of amides is 2. The highest BCUT2D eigenvalue weighted by atomic mass is 35.5. The average molecular weight is 429 g/mol. The van der Waals surface area contributed by atoms with E-state index in [4.69, 9.17) is 11.6 Å². The van der Waals surface area contributed by atoms with Crippen LogP contribution in [0, 0.1) is 0 Å². The molecule has 0 spiro atoms. The molecule has 2 N–H and O–H groups in total. The maximum absolute atomic E-state index is 12.5. The maximum atomic E-state index is 12.5. The molecule has 3 aromatic rings. The minimum absolute atomic E-state index is 0.0464. The second kappa shape index (κ2) is 9.65. The Bertz CT molecular complexity index is 985. The Labute approximate surface area is 178 Å². The monoisotopic (exact) mass is 428 g/mol. The number of benzene rings is 2. The molecule has 6 nitrogen and oxygen atoms in total. The van der Waals surface area contributed by atoms with Crippen LogP contribution in [-0.2, 0) is 4.79 Å². The zero-order valence-corrected chi connectivity index (χ0v) is 17.7. The van der Waals surface area contributed by atoms with Gasteiger partial charge in [0, 0.05) is 34.9 Å². The molecule has 2 aromatic carbocycles. The summed E-state index contributed by atoms with van der Waals surface area (Å²) in [4.78, 5) is 31.2. The number of hydrogen-bond acceptors (Lipinski definition) is 5. The van der Waals surface area contributed by atoms with Gasteiger partial charge in [-0.2, -0.15) is 0 Å². The number of carbonyl (C=O) groups is 2. The Morgan fingerprint density at radius 2 is 1.62 bits per heavy atom. The van der Waals surface area contributed by atoms with Crippen LogP contribution < -0.4 is 10.6 Å². The number of nitrogens with one attached hydrogen (secondary N) is 2. The molecule has 3 rings (SSSR count). The van der Waals surface area contributed by atoms with Gasteiger partial charge in [0.15, 0.2) is 0 Å². The molecule has 0 unspecified atom stereocenters. The zero-order valence-electron chi connectivity index (χ0n) is 16.1. The summed E-state index contributed by atoms with van der Waals surface area (Å²) in [5, 5.41) is 7.09. The molecule has 0 bridgehead atoms. The topological polar surface area (TPSA) is 74.3 Å². The van der Waals surface area contributed by atoms with Crippen molar-refractivity contribution >= 4 is 46.1 Å². The molecule has 29 heavy (non-hydrogen) atoms. The minimum atomic E-state index is -0.231. The van der Waals surface area contributed by atoms with Gasteiger partial charge in [-0.1, -0.05) is 23.7 Å². The van der Waals surface area contributed by atoms with E-state index in [1.165, 1.54) is 11.3 Å². The highest BCUT2D eigenvalue weighted by Crippen LogP contribution is 2.27. The fourth-order valence-electron chi connectivity index (χ4n) is 2.48. The van der Waals surface area contributed by atoms with E-state index in [9.17, 15) is 9.59 Å². The third kappa shape index (κ3) is 6.12. The van der Waals surface area contributed by atoms with Gasteiger partial charge in [-0.25, -0.2) is 4.98 Å². The lowest BCUT2D eigenvalue weighted by molar-refractivity contribution is -0.116. The van der Waals surface area contributed by atoms with Crippen molar-refractivity contribution < 1.29 is 9.59 Å². The molecule has 0 fully saturated rings. The number of aromatic nitrogens is 1. The highest BCUT2D eigenvalue weighted by Gasteiger charge is 2.12. The van der Waals surface area contributed by atoms with Gasteiger partial charge in [-0.3, -0.25) is 9.59 Å². The molecule has 0 aliphatic rings. The average Bonchev–Trinajstić information content (AvgIpc) is 3.19. The lowest BCUT2D eigenvalue weighted by Crippen LogP contribution is -2.20. The summed E-state index contributed by atoms with van der Waals surface area (Å²) in [6.45, 7) is 0.687. The first kappa shape index (κ1) is 21.0. The number of halogens is 1. The van der Waals surface area contributed by atoms with E-state index in [1.54, 1.807) is 42.6 Å². The van der Waals surface area contributed by atoms with Crippen molar-refractivity contribution in [3.63, 3.8) is 0 Å². The van der Waals surface area contributed by atoms with E-state index in [0.29, 0.717) is 34.2 Å². The van der Waals surface area contributed by atoms with Gasteiger partial charge in [0.1, 0.15) is 9.88 Å². The second-order valence-electron chi connectivity index (χ2n) is 6.67. The maximum Gasteiger partial charge on any atom is 0.267 e. The molecule has 1 aromatic heterocycles. The van der Waals surface area contributed by atoms with E-state index < -0.39 is 0 Å². The molecule has 0 atom stereocenters. The summed E-state index contributed by atoms with van der Waals surface area (Å²) >= 11 is 7.22. The van der Waals surface area contributed by atoms with Crippen LogP contribution in [0.4, 0.5) is 11.4 Å². The molecule has 0 aliphatic carbocycles. The molecule has 0 saturated carbocycles. The first-order valence-electron chi connectivity index (χ1n) is 8.98. The summed E-state index contributed by atoms with van der Waals surface area (Å²) in [5.74, 6) is -0.277. The second-order valence-corrected chi connectivity index (χ2v) is 8.14. The van der Waals surface area contributed by atoms with E-state index in [2.05, 4.69) is 15.6 Å². The van der Waals surface area contributed by atoms with Crippen LogP contribution in [0.25, 0.3) is 10.6 Å². The number of nitrogens with zero attached hydrogens (tertiary/aromatic N) is 2. The fraction of sp³-hybridized carbons (Fsp3) is 0.190. The van der Waals surface area contributed by atoms with Crippen molar-refractivity contribution in [3.05, 3.63) is 64.6 Å². The number of anilines is 2. The number of hydrogen-bond donors (Lipinski definition) is 2. The van der Waals surface area contributed by atoms with Gasteiger partial charge in [-0.15, -0.1) is 11.3 Å². The quantitative estimate of drug-likeness (QED) is 0.576. The third-order valence-electron chi connectivity index (χ3n) is 4.03. The van der Waals surface area contributed by atoms with Crippen LogP contribution in [0.2, 0.25) is 5.02 Å². The van der Waals surface area contributed by atoms with Crippen LogP contribution in [0.15, 0.2) is 54.7 Å². The molecule has 150 valence electrons. The van der Waals surface area contributed by atoms with E-state index in [1.807, 2.05) is 31.1 Å². The minimum Gasteiger partial charge on any atom is -0.326 e. The lowest BCUT2D eigenvalue weighted by atomic mass is 10.2. The smallest absolute Gasteiger partial charge is 0.267 e. The number of rotatable bonds is 7. The van der Waals surface area contributed by atoms with Crippen molar-refractivity contribution in [1.82, 2.24) is 9.88 Å². The number of thiazole rings is 1. The SMILES string of the molecule is CN(C)CCC(=O)Nc1ccc(NC(=O)c2cnc(-c3ccc(Cl)cc3)s2)cc1. The van der Waals surface area contributed by atoms with Crippen molar-refractivity contribution in [2.45, 2.75) is 6.42 Å². The molecule has 0 aliphatic heterocycles. The molecule has 1 heterocycles. The van der Waals surface area contributed by atoms with Crippen molar-refractivity contribution in [2.24, 2.45) is 0 Å². The summed E-state index contributed by atoms with van der Waals surface area (Å²) < 4.78 is 0. The zero-order chi connectivity index (χ0) is 20.8. The van der Waals surface area contributed by atoms with Crippen LogP contribution in [0.1, 0.15) is 16.1 Å². The molecule has 8 heteroatoms. The molecule has 0 saturated heterocycles. The molecule has 2 amide bonds. The first-order valence-corrected chi connectivity index (χ1v) is 10.2. The highest BCUT2D eigenvalue weighted by molar-refractivity contribution is 7.17. The fourth-order valence-corrected chi connectivity index (χ4v) is 3.43. The van der Waals surface area contributed by atoms with Gasteiger partial charge in [0.2, 0.25) is 5.91 Å². The van der Waals surface area contributed by atoms with Crippen molar-refractivity contribution in [3.8, 4) is 10.6 Å². The van der Waals surface area contributed by atoms with Gasteiger partial charge >= 0.3 is 0 Å². The first-order chi connectivity index (χ1) is 13.9. The Hall–Kier alpha value is -2.74. The molecule has 0 radical (unpaired) electrons. The van der Waals surface area contributed by atoms with Gasteiger partial charge < -0.3 is 15.5 Å². The summed E-state index contributed by atoms with van der Waals surface area (Å²) in [7, 11) is 3.85. The predicted molar refractivity (Wildman–Crippen MR) is 119 cm³/mol. The van der Waals surface area contributed by atoms with Gasteiger partial charge in [0.05, 0.1) is 6.20 Å². The largest absolute Gasteiger partial charge is 0.326 e. The van der Waals surface area contributed by atoms with E-state index in [-0.39, 0.29) is 11.8 Å². The lowest BCUT2D eigenvalue weighted by Gasteiger charge is -2.10. The normalized spacial score (nSPS) is 10.8. The Morgan fingerprint density at radius 1 is 1.00 bits per heavy atom. The van der Waals surface area contributed by atoms with Crippen LogP contribution in [0.5, 0.6) is 0 Å². The van der Waals surface area contributed by atoms with Crippen molar-refractivity contribution in [1.29, 1.82) is 0 Å². The van der Waals surface area contributed by atoms with Crippen LogP contribution in [0.3, 0.4) is 0 Å². The summed E-state index contributed by atoms with van der Waals surface area (Å²) in [5.41, 5.74) is 2.24. The van der Waals surface area contributed by atoms with E-state index in [0.717, 1.165) is 10.6 Å².